The Morgan fingerprint density at radius 1 is 1.33 bits per heavy atom. The fourth-order valence-corrected chi connectivity index (χ4v) is 2.82. The highest BCUT2D eigenvalue weighted by Crippen LogP contribution is 2.23. The van der Waals surface area contributed by atoms with Crippen LogP contribution in [0.25, 0.3) is 0 Å². The fraction of sp³-hybridized carbons (Fsp3) is 0.833. The van der Waals surface area contributed by atoms with Crippen molar-refractivity contribution in [1.82, 2.24) is 4.72 Å². The minimum atomic E-state index is -3.48. The Labute approximate surface area is 71.4 Å². The van der Waals surface area contributed by atoms with Crippen LogP contribution in [0.3, 0.4) is 0 Å². The largest absolute Gasteiger partial charge is 0.351 e. The van der Waals surface area contributed by atoms with Crippen LogP contribution in [-0.4, -0.2) is 19.7 Å². The Morgan fingerprint density at radius 3 is 2.25 bits per heavy atom. The average Bonchev–Trinajstić information content (AvgIpc) is 2.32. The van der Waals surface area contributed by atoms with Gasteiger partial charge in [-0.2, -0.15) is 0 Å². The molecule has 3 N–H and O–H groups in total. The Balaban J connectivity index is 2.64. The lowest BCUT2D eigenvalue weighted by molar-refractivity contribution is 0.253. The van der Waals surface area contributed by atoms with Crippen LogP contribution in [0.1, 0.15) is 25.7 Å². The predicted octanol–water partition coefficient (Wildman–Crippen LogP) is -0.0729. The second-order valence-electron chi connectivity index (χ2n) is 2.92. The van der Waals surface area contributed by atoms with Gasteiger partial charge in [-0.1, -0.05) is 12.8 Å². The molecule has 0 radical (unpaired) electrons. The van der Waals surface area contributed by atoms with Gasteiger partial charge in [-0.15, -0.1) is 0 Å². The van der Waals surface area contributed by atoms with Gasteiger partial charge in [0.05, 0.1) is 5.25 Å². The van der Waals surface area contributed by atoms with Crippen molar-refractivity contribution in [3.8, 4) is 0 Å². The number of nitrogens with one attached hydrogen (secondary N) is 1. The molecule has 0 aliphatic heterocycles. The summed E-state index contributed by atoms with van der Waals surface area (Å²) in [6.45, 7) is 0. The number of hydrogen-bond acceptors (Lipinski definition) is 3. The van der Waals surface area contributed by atoms with E-state index in [-0.39, 0.29) is 0 Å². The molecule has 0 spiro atoms. The van der Waals surface area contributed by atoms with Crippen molar-refractivity contribution in [2.75, 3.05) is 0 Å². The lowest BCUT2D eigenvalue weighted by atomic mass is 10.4. The van der Waals surface area contributed by atoms with Crippen molar-refractivity contribution in [2.24, 2.45) is 5.73 Å². The zero-order chi connectivity index (χ0) is 9.19. The first-order valence-electron chi connectivity index (χ1n) is 3.83. The summed E-state index contributed by atoms with van der Waals surface area (Å²) in [5.74, 6) is 0. The molecule has 5 nitrogen and oxygen atoms in total. The third-order valence-corrected chi connectivity index (χ3v) is 3.82. The number of hydrogen-bond donors (Lipinski definition) is 2. The zero-order valence-electron chi connectivity index (χ0n) is 6.62. The highest BCUT2D eigenvalue weighted by Gasteiger charge is 2.29. The van der Waals surface area contributed by atoms with Crippen LogP contribution in [0.5, 0.6) is 0 Å². The Kier molecular flexibility index (Phi) is 2.56. The smallest absolute Gasteiger partial charge is 0.325 e. The van der Waals surface area contributed by atoms with Crippen LogP contribution >= 0.6 is 0 Å². The molecule has 1 aliphatic carbocycles. The van der Waals surface area contributed by atoms with E-state index >= 15 is 0 Å². The summed E-state index contributed by atoms with van der Waals surface area (Å²) >= 11 is 0. The van der Waals surface area contributed by atoms with E-state index in [0.29, 0.717) is 12.8 Å². The first kappa shape index (κ1) is 9.31. The molecule has 0 saturated heterocycles. The third-order valence-electron chi connectivity index (χ3n) is 1.98. The summed E-state index contributed by atoms with van der Waals surface area (Å²) in [7, 11) is -3.48. The molecule has 1 fully saturated rings. The minimum absolute atomic E-state index is 0.426. The Bertz CT molecular complexity index is 267. The molecule has 0 aromatic carbocycles. The van der Waals surface area contributed by atoms with Crippen molar-refractivity contribution < 1.29 is 13.2 Å². The third kappa shape index (κ3) is 2.10. The van der Waals surface area contributed by atoms with E-state index in [2.05, 4.69) is 0 Å². The van der Waals surface area contributed by atoms with Crippen LogP contribution in [0, 0.1) is 0 Å². The van der Waals surface area contributed by atoms with Gasteiger partial charge in [0.1, 0.15) is 0 Å². The zero-order valence-corrected chi connectivity index (χ0v) is 7.43. The molecular weight excluding hydrogens is 180 g/mol. The van der Waals surface area contributed by atoms with Gasteiger partial charge in [-0.25, -0.2) is 17.9 Å². The Morgan fingerprint density at radius 2 is 1.83 bits per heavy atom. The van der Waals surface area contributed by atoms with Gasteiger partial charge in [-0.3, -0.25) is 0 Å². The standard InChI is InChI=1S/C6H12N2O3S/c7-6(9)8-12(10,11)5-3-1-2-4-5/h5H,1-4H2,(H3,7,8,9). The van der Waals surface area contributed by atoms with E-state index in [4.69, 9.17) is 5.73 Å². The second kappa shape index (κ2) is 3.30. The number of rotatable bonds is 2. The molecule has 0 aromatic heterocycles. The van der Waals surface area contributed by atoms with Crippen LogP contribution in [0.2, 0.25) is 0 Å². The maximum Gasteiger partial charge on any atom is 0.325 e. The highest BCUT2D eigenvalue weighted by atomic mass is 32.2. The summed E-state index contributed by atoms with van der Waals surface area (Å²) in [6.07, 6.45) is 3.07. The molecular formula is C6H12N2O3S. The van der Waals surface area contributed by atoms with Gasteiger partial charge in [0.2, 0.25) is 10.0 Å². The van der Waals surface area contributed by atoms with Crippen LogP contribution < -0.4 is 10.5 Å². The number of carbonyl (C=O) groups excluding carboxylic acids is 1. The number of urea groups is 1. The van der Waals surface area contributed by atoms with Gasteiger partial charge in [0, 0.05) is 0 Å². The summed E-state index contributed by atoms with van der Waals surface area (Å²) in [5.41, 5.74) is 4.72. The summed E-state index contributed by atoms with van der Waals surface area (Å²) in [6, 6.07) is -0.998. The molecule has 1 aliphatic rings. The molecule has 2 amide bonds. The van der Waals surface area contributed by atoms with Crippen molar-refractivity contribution >= 4 is 16.1 Å². The molecule has 0 bridgehead atoms. The molecule has 0 atom stereocenters. The van der Waals surface area contributed by atoms with E-state index in [9.17, 15) is 13.2 Å². The Hall–Kier alpha value is -0.780. The summed E-state index contributed by atoms with van der Waals surface area (Å²) in [5, 5.41) is -0.426. The fourth-order valence-electron chi connectivity index (χ4n) is 1.42. The van der Waals surface area contributed by atoms with E-state index in [1.165, 1.54) is 0 Å². The predicted molar refractivity (Wildman–Crippen MR) is 43.9 cm³/mol. The number of amides is 2. The molecule has 0 aromatic rings. The number of carbonyl (C=O) groups is 1. The molecule has 12 heavy (non-hydrogen) atoms. The number of primary amides is 1. The van der Waals surface area contributed by atoms with Gasteiger partial charge in [-0.05, 0) is 12.8 Å². The van der Waals surface area contributed by atoms with Gasteiger partial charge in [0.25, 0.3) is 0 Å². The van der Waals surface area contributed by atoms with E-state index < -0.39 is 21.3 Å². The first-order chi connectivity index (χ1) is 5.52. The lowest BCUT2D eigenvalue weighted by Gasteiger charge is -2.09. The molecule has 1 saturated carbocycles. The minimum Gasteiger partial charge on any atom is -0.351 e. The monoisotopic (exact) mass is 192 g/mol. The van der Waals surface area contributed by atoms with Crippen molar-refractivity contribution in [3.05, 3.63) is 0 Å². The summed E-state index contributed by atoms with van der Waals surface area (Å²) < 4.78 is 24.2. The molecule has 6 heteroatoms. The summed E-state index contributed by atoms with van der Waals surface area (Å²) in [4.78, 5) is 10.3. The van der Waals surface area contributed by atoms with Crippen molar-refractivity contribution in [3.63, 3.8) is 0 Å². The van der Waals surface area contributed by atoms with Gasteiger partial charge < -0.3 is 5.73 Å². The maximum atomic E-state index is 11.2. The average molecular weight is 192 g/mol. The van der Waals surface area contributed by atoms with E-state index in [1.54, 1.807) is 4.72 Å². The topological polar surface area (TPSA) is 89.3 Å². The second-order valence-corrected chi connectivity index (χ2v) is 4.88. The van der Waals surface area contributed by atoms with Crippen LogP contribution in [-0.2, 0) is 10.0 Å². The normalized spacial score (nSPS) is 19.3. The maximum absolute atomic E-state index is 11.2. The van der Waals surface area contributed by atoms with Crippen LogP contribution in [0.4, 0.5) is 4.79 Å². The van der Waals surface area contributed by atoms with Crippen molar-refractivity contribution in [2.45, 2.75) is 30.9 Å². The number of nitrogens with two attached hydrogens (primary N) is 1. The van der Waals surface area contributed by atoms with Crippen molar-refractivity contribution in [1.29, 1.82) is 0 Å². The van der Waals surface area contributed by atoms with E-state index in [0.717, 1.165) is 12.8 Å². The molecule has 0 heterocycles. The van der Waals surface area contributed by atoms with Gasteiger partial charge in [0.15, 0.2) is 0 Å². The molecule has 70 valence electrons. The van der Waals surface area contributed by atoms with Crippen LogP contribution in [0.15, 0.2) is 0 Å². The highest BCUT2D eigenvalue weighted by molar-refractivity contribution is 7.90. The molecule has 1 rings (SSSR count). The molecule has 0 unspecified atom stereocenters. The quantitative estimate of drug-likeness (QED) is 0.641. The number of sulfonamides is 1. The van der Waals surface area contributed by atoms with Gasteiger partial charge >= 0.3 is 6.03 Å². The SMILES string of the molecule is NC(=O)NS(=O)(=O)C1CCCC1. The van der Waals surface area contributed by atoms with E-state index in [1.807, 2.05) is 0 Å². The lowest BCUT2D eigenvalue weighted by Crippen LogP contribution is -2.40. The first-order valence-corrected chi connectivity index (χ1v) is 5.38.